The van der Waals surface area contributed by atoms with Crippen molar-refractivity contribution in [2.75, 3.05) is 27.4 Å². The summed E-state index contributed by atoms with van der Waals surface area (Å²) in [4.78, 5) is 39.4. The van der Waals surface area contributed by atoms with Crippen LogP contribution in [0.3, 0.4) is 0 Å². The van der Waals surface area contributed by atoms with Crippen molar-refractivity contribution in [1.82, 2.24) is 19.9 Å². The van der Waals surface area contributed by atoms with Gasteiger partial charge in [-0.1, -0.05) is 146 Å². The van der Waals surface area contributed by atoms with Crippen molar-refractivity contribution < 1.29 is 55.6 Å². The van der Waals surface area contributed by atoms with Gasteiger partial charge in [0.05, 0.1) is 52.5 Å². The smallest absolute Gasteiger partial charge is 1.00 e. The van der Waals surface area contributed by atoms with E-state index in [1.807, 2.05) is 91.1 Å². The molecule has 1 aliphatic heterocycles. The summed E-state index contributed by atoms with van der Waals surface area (Å²) in [6, 6.07) is 43.7. The van der Waals surface area contributed by atoms with E-state index in [0.717, 1.165) is 59.2 Å². The number of aromatic nitrogens is 4. The Hall–Kier alpha value is -4.38. The van der Waals surface area contributed by atoms with Crippen LogP contribution in [0.4, 0.5) is 0 Å². The van der Waals surface area contributed by atoms with Gasteiger partial charge >= 0.3 is 42.7 Å². The van der Waals surface area contributed by atoms with E-state index in [9.17, 15) is 14.7 Å². The van der Waals surface area contributed by atoms with Gasteiger partial charge in [0.25, 0.3) is 0 Å². The molecule has 409 valence electrons. The summed E-state index contributed by atoms with van der Waals surface area (Å²) in [5.74, 6) is -0.253. The first-order valence-corrected chi connectivity index (χ1v) is 27.1. The van der Waals surface area contributed by atoms with Gasteiger partial charge in [-0.25, -0.2) is 14.6 Å². The number of aliphatic hydroxyl groups is 1. The van der Waals surface area contributed by atoms with Gasteiger partial charge in [0.2, 0.25) is 0 Å². The molecular weight excluding hydrogens is 1360 g/mol. The molecule has 4 aromatic heterocycles. The van der Waals surface area contributed by atoms with Crippen LogP contribution in [0.15, 0.2) is 182 Å². The Morgan fingerprint density at radius 2 is 1.06 bits per heavy atom. The van der Waals surface area contributed by atoms with Crippen LogP contribution in [0.1, 0.15) is 77.9 Å². The van der Waals surface area contributed by atoms with E-state index in [1.165, 1.54) is 49.9 Å². The van der Waals surface area contributed by atoms with Gasteiger partial charge in [0.1, 0.15) is 10.9 Å². The van der Waals surface area contributed by atoms with Crippen LogP contribution in [-0.2, 0) is 25.2 Å². The van der Waals surface area contributed by atoms with Crippen LogP contribution in [-0.4, -0.2) is 100 Å². The van der Waals surface area contributed by atoms with Crippen molar-refractivity contribution in [3.63, 3.8) is 0 Å². The number of methoxy groups -OCH3 is 2. The van der Waals surface area contributed by atoms with Crippen molar-refractivity contribution in [1.29, 1.82) is 0 Å². The summed E-state index contributed by atoms with van der Waals surface area (Å²) >= 11 is 19.4. The first-order valence-electron chi connectivity index (χ1n) is 23.6. The number of benzene rings is 4. The molecule has 0 unspecified atom stereocenters. The normalized spacial score (nSPS) is 11.8. The molecule has 0 atom stereocenters. The van der Waals surface area contributed by atoms with Gasteiger partial charge in [-0.05, 0) is 120 Å². The number of hydrogen-bond donors (Lipinski definition) is 2. The Morgan fingerprint density at radius 1 is 0.608 bits per heavy atom. The molecule has 2 aliphatic rings. The summed E-state index contributed by atoms with van der Waals surface area (Å²) in [6.45, 7) is 10.0. The third-order valence-electron chi connectivity index (χ3n) is 11.4. The van der Waals surface area contributed by atoms with Crippen LogP contribution in [0.25, 0.3) is 33.8 Å². The molecule has 12 nitrogen and oxygen atoms in total. The zero-order valence-corrected chi connectivity index (χ0v) is 54.7. The van der Waals surface area contributed by atoms with Crippen LogP contribution >= 0.6 is 75.3 Å². The number of para-hydroxylation sites is 1. The summed E-state index contributed by atoms with van der Waals surface area (Å²) < 4.78 is 22.7. The second-order valence-corrected chi connectivity index (χ2v) is 21.1. The maximum absolute atomic E-state index is 11.6. The molecule has 20 heteroatoms. The maximum Gasteiger partial charge on any atom is 2.00 e. The molecule has 0 spiro atoms. The third-order valence-corrected chi connectivity index (χ3v) is 14.4. The molecule has 5 heterocycles. The predicted octanol–water partition coefficient (Wildman–Crippen LogP) is 11.9. The molecule has 8 aromatic rings. The van der Waals surface area contributed by atoms with Gasteiger partial charge in [0.15, 0.2) is 0 Å². The monoisotopic (exact) mass is 1410 g/mol. The number of esters is 2. The van der Waals surface area contributed by atoms with Crippen molar-refractivity contribution in [2.45, 2.75) is 51.6 Å². The van der Waals surface area contributed by atoms with E-state index >= 15 is 0 Å². The fraction of sp³-hybridized carbons (Fsp3) is 0.203. The minimum Gasteiger partial charge on any atom is -1.00 e. The van der Waals surface area contributed by atoms with Gasteiger partial charge in [-0.2, -0.15) is 0 Å². The van der Waals surface area contributed by atoms with Gasteiger partial charge in [0, 0.05) is 79.1 Å². The molecule has 1 radical (unpaired) electrons. The molecule has 0 amide bonds. The minimum absolute atomic E-state index is 0. The van der Waals surface area contributed by atoms with E-state index in [2.05, 4.69) is 127 Å². The maximum atomic E-state index is 11.6. The predicted molar refractivity (Wildman–Crippen MR) is 326 cm³/mol. The second-order valence-electron chi connectivity index (χ2n) is 17.3. The zero-order valence-electron chi connectivity index (χ0n) is 44.6. The molecule has 0 saturated carbocycles. The summed E-state index contributed by atoms with van der Waals surface area (Å²) in [5.41, 5.74) is 9.07. The van der Waals surface area contributed by atoms with Crippen LogP contribution < -0.4 is 21.6 Å². The summed E-state index contributed by atoms with van der Waals surface area (Å²) in [7, 11) is 3.31. The SMILES string of the molecule is C1CCOC1.CC(C)(O)c1cccnc1-c1ccccc1Br.CC1(C)c2cccnc2-c2c(Br)cccc21.COC(=O)c1cccnc1-c1ccccc1Br.COC(=O)c1cccnc1Cl.O[B]Oc1ccccc1Br.[Br-].[CH3-].[Mg+2]. The molecule has 10 rings (SSSR count). The van der Waals surface area contributed by atoms with Crippen LogP contribution in [0, 0.1) is 7.43 Å². The standard InChI is InChI=1S/C14H14BrNO.C14H12BrN.C13H10BrNO2.C7H6ClNO2.C6H5BBrO2.C4H8O.CH3.BrH.Mg/c1-14(2,17)11-7-5-9-16-13(11)10-6-3-4-8-12(10)15;1-14(2)9-5-3-7-11(15)12(9)13-10(14)6-4-8-16-13;1-17-13(16)10-6-4-8-15-12(10)9-5-2-3-7-11(9)14;1-11-7(10)5-3-2-4-9-6(5)8;8-5-3-1-2-4-6(5)10-7-9;1-2-4-5-3-1;;;/h3-9,17H,1-2H3;3-8H,1-2H3;2-8H,1H3;2-4H,1H3;1-4,9H;1-4H2;1H3;1H;/q;;;;;;-1;;+2/p-1. The van der Waals surface area contributed by atoms with E-state index in [4.69, 9.17) is 30.8 Å². The van der Waals surface area contributed by atoms with Crippen LogP contribution in [0.2, 0.25) is 5.15 Å². The van der Waals surface area contributed by atoms with Gasteiger partial charge < -0.3 is 53.4 Å². The summed E-state index contributed by atoms with van der Waals surface area (Å²) in [5, 5.41) is 18.6. The third kappa shape index (κ3) is 20.2. The number of fused-ring (bicyclic) bond motifs is 3. The number of carbonyl (C=O) groups excluding carboxylic acids is 2. The van der Waals surface area contributed by atoms with Crippen molar-refractivity contribution >= 4 is 118 Å². The van der Waals surface area contributed by atoms with Gasteiger partial charge in [-0.15, -0.1) is 0 Å². The Kier molecular flexibility index (Phi) is 31.8. The fourth-order valence-electron chi connectivity index (χ4n) is 7.61. The molecule has 1 fully saturated rings. The number of ether oxygens (including phenoxy) is 3. The largest absolute Gasteiger partial charge is 2.00 e. The number of pyridine rings is 4. The average Bonchev–Trinajstić information content (AvgIpc) is 4.31. The number of halogens is 6. The Labute approximate surface area is 529 Å². The Morgan fingerprint density at radius 3 is 1.58 bits per heavy atom. The molecule has 1 saturated heterocycles. The number of hydrogen-bond acceptors (Lipinski definition) is 12. The first-order chi connectivity index (χ1) is 36.5. The minimum atomic E-state index is -0.904. The topological polar surface area (TPSA) is 163 Å². The average molecular weight is 1420 g/mol. The summed E-state index contributed by atoms with van der Waals surface area (Å²) in [6.07, 6.45) is 9.32. The second kappa shape index (κ2) is 35.5. The molecule has 4 aromatic carbocycles. The molecule has 0 bridgehead atoms. The number of rotatable bonds is 7. The first kappa shape index (κ1) is 70.7. The fourth-order valence-corrected chi connectivity index (χ4v) is 9.68. The van der Waals surface area contributed by atoms with E-state index in [1.54, 1.807) is 56.6 Å². The number of carbonyl (C=O) groups is 2. The Balaban J connectivity index is 0.000000331. The van der Waals surface area contributed by atoms with E-state index in [0.29, 0.717) is 24.7 Å². The van der Waals surface area contributed by atoms with Crippen molar-refractivity contribution in [2.24, 2.45) is 0 Å². The van der Waals surface area contributed by atoms with Crippen molar-refractivity contribution in [3.05, 3.63) is 223 Å². The van der Waals surface area contributed by atoms with Crippen LogP contribution in [0.5, 0.6) is 5.75 Å². The van der Waals surface area contributed by atoms with E-state index < -0.39 is 11.6 Å². The molecule has 2 N–H and O–H groups in total. The quantitative estimate of drug-likeness (QED) is 0.0673. The van der Waals surface area contributed by atoms with Crippen molar-refractivity contribution in [3.8, 4) is 39.5 Å². The molecular formula is C59H58BBr5ClMgN4O8. The number of nitrogens with zero attached hydrogens (tertiary/aromatic N) is 4. The molecule has 79 heavy (non-hydrogen) atoms. The molecule has 1 aliphatic carbocycles. The van der Waals surface area contributed by atoms with Gasteiger partial charge in [-0.3, -0.25) is 15.0 Å². The zero-order chi connectivity index (χ0) is 55.3. The van der Waals surface area contributed by atoms with E-state index in [-0.39, 0.29) is 69.6 Å². The Bertz CT molecular complexity index is 3180.